The third-order valence-corrected chi connectivity index (χ3v) is 8.17. The lowest BCUT2D eigenvalue weighted by atomic mass is 10.1. The Kier molecular flexibility index (Phi) is 7.44. The van der Waals surface area contributed by atoms with Crippen LogP contribution in [0.4, 0.5) is 11.4 Å². The molecule has 0 saturated carbocycles. The van der Waals surface area contributed by atoms with Crippen LogP contribution in [0.25, 0.3) is 21.5 Å². The lowest BCUT2D eigenvalue weighted by molar-refractivity contribution is 0.280. The highest BCUT2D eigenvalue weighted by Crippen LogP contribution is 2.30. The zero-order valence-corrected chi connectivity index (χ0v) is 22.8. The maximum atomic E-state index is 13.2. The smallest absolute Gasteiger partial charge is 0.295 e. The third-order valence-electron chi connectivity index (χ3n) is 6.34. The topological polar surface area (TPSA) is 212 Å². The van der Waals surface area contributed by atoms with Crippen molar-refractivity contribution < 1.29 is 31.0 Å². The van der Waals surface area contributed by atoms with Crippen LogP contribution in [0, 0.1) is 0 Å². The van der Waals surface area contributed by atoms with Gasteiger partial charge in [-0.1, -0.05) is 48.5 Å². The van der Waals surface area contributed by atoms with E-state index in [9.17, 15) is 40.6 Å². The van der Waals surface area contributed by atoms with Gasteiger partial charge in [-0.3, -0.25) is 29.5 Å². The summed E-state index contributed by atoms with van der Waals surface area (Å²) in [6.45, 7) is -0.734. The Labute approximate surface area is 236 Å². The molecule has 0 heterocycles. The van der Waals surface area contributed by atoms with Crippen molar-refractivity contribution in [2.24, 2.45) is 10.2 Å². The number of nitrogens with zero attached hydrogens (tertiary/aromatic N) is 2. The summed E-state index contributed by atoms with van der Waals surface area (Å²) in [5.41, 5.74) is 3.78. The predicted octanol–water partition coefficient (Wildman–Crippen LogP) is 1.43. The summed E-state index contributed by atoms with van der Waals surface area (Å²) in [7, 11) is -9.07. The van der Waals surface area contributed by atoms with E-state index in [1.807, 2.05) is 0 Å². The van der Waals surface area contributed by atoms with Gasteiger partial charge in [-0.25, -0.2) is 0 Å². The Hall–Kier alpha value is -4.80. The molecule has 0 amide bonds. The monoisotopic (exact) mass is 608 g/mol. The predicted molar refractivity (Wildman–Crippen MR) is 153 cm³/mol. The molecule has 0 unspecified atom stereocenters. The molecule has 0 fully saturated rings. The van der Waals surface area contributed by atoms with Gasteiger partial charge in [0.25, 0.3) is 20.2 Å². The minimum Gasteiger partial charge on any atom is -0.392 e. The highest BCUT2D eigenvalue weighted by Gasteiger charge is 2.17. The molecule has 214 valence electrons. The Morgan fingerprint density at radius 2 is 1.07 bits per heavy atom. The fraction of sp³-hybridized carbons (Fsp3) is 0.0370. The van der Waals surface area contributed by atoms with Crippen LogP contribution in [0.2, 0.25) is 0 Å². The summed E-state index contributed by atoms with van der Waals surface area (Å²) < 4.78 is 66.2. The van der Waals surface area contributed by atoms with Gasteiger partial charge in [0.05, 0.1) is 18.0 Å². The van der Waals surface area contributed by atoms with E-state index in [-0.39, 0.29) is 42.9 Å². The summed E-state index contributed by atoms with van der Waals surface area (Å²) >= 11 is 0. The lowest BCUT2D eigenvalue weighted by Crippen LogP contribution is -2.50. The normalized spacial score (nSPS) is 13.1. The van der Waals surface area contributed by atoms with E-state index in [0.717, 1.165) is 18.2 Å². The first kappa shape index (κ1) is 28.7. The van der Waals surface area contributed by atoms with Crippen molar-refractivity contribution in [1.29, 1.82) is 0 Å². The van der Waals surface area contributed by atoms with Gasteiger partial charge in [0, 0.05) is 27.1 Å². The second-order valence-electron chi connectivity index (χ2n) is 8.93. The van der Waals surface area contributed by atoms with Crippen LogP contribution in [-0.2, 0) is 26.8 Å². The first-order valence-electron chi connectivity index (χ1n) is 12.0. The summed E-state index contributed by atoms with van der Waals surface area (Å²) in [6.07, 6.45) is 0. The first-order chi connectivity index (χ1) is 19.9. The minimum atomic E-state index is -4.54. The highest BCUT2D eigenvalue weighted by molar-refractivity contribution is 7.86. The molecule has 15 heteroatoms. The Bertz CT molecular complexity index is 2350. The van der Waals surface area contributed by atoms with Gasteiger partial charge in [0.15, 0.2) is 5.36 Å². The highest BCUT2D eigenvalue weighted by atomic mass is 32.2. The van der Waals surface area contributed by atoms with E-state index < -0.39 is 43.1 Å². The molecule has 0 aliphatic carbocycles. The zero-order valence-electron chi connectivity index (χ0n) is 21.2. The van der Waals surface area contributed by atoms with Crippen molar-refractivity contribution in [2.45, 2.75) is 16.4 Å². The van der Waals surface area contributed by atoms with Crippen molar-refractivity contribution in [1.82, 2.24) is 0 Å². The molecule has 0 saturated heterocycles. The number of nitrogens with one attached hydrogen (secondary N) is 2. The maximum absolute atomic E-state index is 13.2. The number of anilines is 2. The third kappa shape index (κ3) is 5.41. The number of hydrogen-bond acceptors (Lipinski definition) is 11. The summed E-state index contributed by atoms with van der Waals surface area (Å²) in [5.74, 6) is 0. The molecule has 0 bridgehead atoms. The van der Waals surface area contributed by atoms with Crippen LogP contribution in [0.1, 0.15) is 5.56 Å². The summed E-state index contributed by atoms with van der Waals surface area (Å²) in [5, 5.41) is 17.9. The first-order valence-corrected chi connectivity index (χ1v) is 14.8. The molecule has 0 atom stereocenters. The molecular formula is C27H20N4O9S2. The second kappa shape index (κ2) is 10.9. The van der Waals surface area contributed by atoms with Crippen LogP contribution in [0.3, 0.4) is 0 Å². The van der Waals surface area contributed by atoms with Gasteiger partial charge in [-0.15, -0.1) is 0 Å². The minimum absolute atomic E-state index is 0.168. The van der Waals surface area contributed by atoms with Crippen LogP contribution in [0.5, 0.6) is 0 Å². The van der Waals surface area contributed by atoms with Crippen LogP contribution >= 0.6 is 0 Å². The fourth-order valence-electron chi connectivity index (χ4n) is 4.40. The van der Waals surface area contributed by atoms with Crippen molar-refractivity contribution >= 4 is 53.2 Å². The molecule has 0 radical (unpaired) electrons. The molecule has 0 spiro atoms. The SMILES string of the molecule is O=c1c(CO)c/c(=N\Nc2ccc(S(=O)(=O)O)c3ccccc23)c(=O)/c1=N\Nc1ccc(S(=O)(=O)O)c2ccccc12. The van der Waals surface area contributed by atoms with Crippen molar-refractivity contribution in [3.05, 3.63) is 116 Å². The molecule has 5 rings (SSSR count). The van der Waals surface area contributed by atoms with E-state index in [1.165, 1.54) is 24.3 Å². The largest absolute Gasteiger partial charge is 0.392 e. The second-order valence-corrected chi connectivity index (χ2v) is 11.7. The summed E-state index contributed by atoms with van der Waals surface area (Å²) in [6, 6.07) is 18.5. The van der Waals surface area contributed by atoms with Gasteiger partial charge in [0.1, 0.15) is 15.1 Å². The zero-order chi connectivity index (χ0) is 30.2. The fourth-order valence-corrected chi connectivity index (χ4v) is 5.79. The van der Waals surface area contributed by atoms with E-state index >= 15 is 0 Å². The number of rotatable bonds is 7. The maximum Gasteiger partial charge on any atom is 0.295 e. The number of benzene rings is 5. The molecular weight excluding hydrogens is 588 g/mol. The number of aliphatic hydroxyl groups excluding tert-OH is 1. The molecule has 5 N–H and O–H groups in total. The Morgan fingerprint density at radius 1 is 0.619 bits per heavy atom. The molecule has 42 heavy (non-hydrogen) atoms. The number of fused-ring (bicyclic) bond motifs is 2. The van der Waals surface area contributed by atoms with Gasteiger partial charge in [0.2, 0.25) is 10.9 Å². The van der Waals surface area contributed by atoms with Crippen LogP contribution < -0.4 is 32.4 Å². The van der Waals surface area contributed by atoms with Gasteiger partial charge in [-0.05, 0) is 30.3 Å². The van der Waals surface area contributed by atoms with E-state index in [0.29, 0.717) is 10.8 Å². The van der Waals surface area contributed by atoms with Gasteiger partial charge in [-0.2, -0.15) is 27.0 Å². The molecule has 0 aromatic heterocycles. The van der Waals surface area contributed by atoms with E-state index in [1.54, 1.807) is 36.4 Å². The van der Waals surface area contributed by atoms with Crippen LogP contribution in [0.15, 0.2) is 108 Å². The number of hydrogen-bond donors (Lipinski definition) is 5. The van der Waals surface area contributed by atoms with E-state index in [4.69, 9.17) is 0 Å². The summed E-state index contributed by atoms with van der Waals surface area (Å²) in [4.78, 5) is 25.4. The van der Waals surface area contributed by atoms with Crippen LogP contribution in [-0.4, -0.2) is 31.0 Å². The molecule has 0 aliphatic heterocycles. The van der Waals surface area contributed by atoms with E-state index in [2.05, 4.69) is 21.1 Å². The Morgan fingerprint density at radius 3 is 1.52 bits per heavy atom. The van der Waals surface area contributed by atoms with Crippen molar-refractivity contribution in [2.75, 3.05) is 10.9 Å². The standard InChI is InChI=1S/C27H20N4O9S2/c32-14-15-13-22(30-28-20-9-11-23(41(35,36)37)18-7-3-1-5-16(18)20)27(34)25(26(15)33)31-29-21-10-12-24(42(38,39)40)19-8-4-2-6-17(19)21/h1-13,28-29,32H,14H2,(H,35,36,37)(H,38,39,40)/b30-22+,31-25-. The van der Waals surface area contributed by atoms with Gasteiger partial charge < -0.3 is 5.11 Å². The average Bonchev–Trinajstić information content (AvgIpc) is 2.95. The Balaban J connectivity index is 1.62. The molecule has 0 aliphatic rings. The molecule has 5 aromatic rings. The molecule has 5 aromatic carbocycles. The van der Waals surface area contributed by atoms with Gasteiger partial charge >= 0.3 is 0 Å². The molecule has 13 nitrogen and oxygen atoms in total. The number of aliphatic hydroxyl groups is 1. The average molecular weight is 609 g/mol. The van der Waals surface area contributed by atoms with Crippen molar-refractivity contribution in [3.63, 3.8) is 0 Å². The van der Waals surface area contributed by atoms with Crippen molar-refractivity contribution in [3.8, 4) is 0 Å². The lowest BCUT2D eigenvalue weighted by Gasteiger charge is -2.09. The quantitative estimate of drug-likeness (QED) is 0.132.